The van der Waals surface area contributed by atoms with Gasteiger partial charge in [-0.15, -0.1) is 0 Å². The molecule has 0 aromatic heterocycles. The lowest BCUT2D eigenvalue weighted by Gasteiger charge is -2.40. The van der Waals surface area contributed by atoms with E-state index in [1.54, 1.807) is 0 Å². The van der Waals surface area contributed by atoms with Crippen LogP contribution in [0.4, 0.5) is 0 Å². The molecule has 0 amide bonds. The summed E-state index contributed by atoms with van der Waals surface area (Å²) in [6, 6.07) is 1.34. The van der Waals surface area contributed by atoms with E-state index in [2.05, 4.69) is 18.9 Å². The number of aliphatic hydroxyl groups excluding tert-OH is 1. The minimum absolute atomic E-state index is 0.0244. The summed E-state index contributed by atoms with van der Waals surface area (Å²) in [6.07, 6.45) is 4.71. The van der Waals surface area contributed by atoms with E-state index in [1.807, 2.05) is 0 Å². The lowest BCUT2D eigenvalue weighted by molar-refractivity contribution is -0.00817. The second kappa shape index (κ2) is 3.00. The van der Waals surface area contributed by atoms with Crippen LogP contribution in [0, 0.1) is 5.92 Å². The molecule has 0 radical (unpaired) electrons. The Balaban J connectivity index is 2.14. The molecular weight excluding hydrogens is 150 g/mol. The Morgan fingerprint density at radius 2 is 2.17 bits per heavy atom. The molecule has 2 rings (SSSR count). The van der Waals surface area contributed by atoms with Crippen LogP contribution in [-0.2, 0) is 0 Å². The van der Waals surface area contributed by atoms with Gasteiger partial charge in [0.05, 0.1) is 6.10 Å². The molecule has 2 saturated heterocycles. The van der Waals surface area contributed by atoms with E-state index in [-0.39, 0.29) is 6.10 Å². The van der Waals surface area contributed by atoms with Crippen LogP contribution in [0.2, 0.25) is 0 Å². The number of hydrogen-bond donors (Lipinski definition) is 1. The van der Waals surface area contributed by atoms with Crippen molar-refractivity contribution in [1.82, 2.24) is 4.90 Å². The van der Waals surface area contributed by atoms with Crippen LogP contribution in [-0.4, -0.2) is 35.2 Å². The average molecular weight is 169 g/mol. The highest BCUT2D eigenvalue weighted by Gasteiger charge is 2.43. The second-order valence-corrected chi connectivity index (χ2v) is 4.34. The molecule has 12 heavy (non-hydrogen) atoms. The number of nitrogens with zero attached hydrogens (tertiary/aromatic N) is 1. The Kier molecular flexibility index (Phi) is 2.13. The Bertz CT molecular complexity index is 171. The van der Waals surface area contributed by atoms with Crippen LogP contribution in [0.1, 0.15) is 32.6 Å². The Morgan fingerprint density at radius 3 is 2.83 bits per heavy atom. The third-order valence-corrected chi connectivity index (χ3v) is 3.87. The molecule has 0 aromatic carbocycles. The van der Waals surface area contributed by atoms with Gasteiger partial charge in [0.2, 0.25) is 0 Å². The average Bonchev–Trinajstić information content (AvgIpc) is 2.34. The monoisotopic (exact) mass is 169 g/mol. The summed E-state index contributed by atoms with van der Waals surface area (Å²) < 4.78 is 0. The molecule has 0 spiro atoms. The van der Waals surface area contributed by atoms with Crippen LogP contribution in [0.5, 0.6) is 0 Å². The van der Waals surface area contributed by atoms with Crippen LogP contribution in [0.3, 0.4) is 0 Å². The highest BCUT2D eigenvalue weighted by molar-refractivity contribution is 4.98. The Morgan fingerprint density at radius 1 is 1.42 bits per heavy atom. The zero-order valence-corrected chi connectivity index (χ0v) is 8.03. The first-order chi connectivity index (χ1) is 5.74. The topological polar surface area (TPSA) is 23.5 Å². The summed E-state index contributed by atoms with van der Waals surface area (Å²) in [5, 5.41) is 9.84. The van der Waals surface area contributed by atoms with Gasteiger partial charge in [-0.3, -0.25) is 4.90 Å². The van der Waals surface area contributed by atoms with Crippen molar-refractivity contribution in [3.8, 4) is 0 Å². The van der Waals surface area contributed by atoms with Crippen LogP contribution in [0.15, 0.2) is 0 Å². The van der Waals surface area contributed by atoms with Crippen LogP contribution < -0.4 is 0 Å². The van der Waals surface area contributed by atoms with E-state index in [0.29, 0.717) is 18.0 Å². The standard InChI is InChI=1S/C10H19NO/c1-3-8-9-5-4-7(11(9)2)6-10(8)12/h7-10,12H,3-6H2,1-2H3/t7-,8+,9+,10-/m0/s1. The minimum Gasteiger partial charge on any atom is -0.393 e. The van der Waals surface area contributed by atoms with E-state index in [1.165, 1.54) is 12.8 Å². The fourth-order valence-corrected chi connectivity index (χ4v) is 3.10. The molecule has 2 fully saturated rings. The molecule has 2 aliphatic rings. The predicted molar refractivity (Wildman–Crippen MR) is 49.0 cm³/mol. The zero-order valence-electron chi connectivity index (χ0n) is 8.03. The SMILES string of the molecule is CC[C@@H]1[C@H]2CC[C@@H](C[C@@H]1O)N2C. The quantitative estimate of drug-likeness (QED) is 0.638. The highest BCUT2D eigenvalue weighted by Crippen LogP contribution is 2.39. The van der Waals surface area contributed by atoms with Gasteiger partial charge in [-0.25, -0.2) is 0 Å². The molecule has 1 N–H and O–H groups in total. The van der Waals surface area contributed by atoms with Crippen molar-refractivity contribution in [3.63, 3.8) is 0 Å². The molecule has 2 nitrogen and oxygen atoms in total. The third-order valence-electron chi connectivity index (χ3n) is 3.87. The van der Waals surface area contributed by atoms with Crippen molar-refractivity contribution in [3.05, 3.63) is 0 Å². The molecular formula is C10H19NO. The highest BCUT2D eigenvalue weighted by atomic mass is 16.3. The van der Waals surface area contributed by atoms with Crippen LogP contribution >= 0.6 is 0 Å². The van der Waals surface area contributed by atoms with E-state index in [4.69, 9.17) is 0 Å². The largest absolute Gasteiger partial charge is 0.393 e. The van der Waals surface area contributed by atoms with Gasteiger partial charge in [0, 0.05) is 18.0 Å². The van der Waals surface area contributed by atoms with Crippen molar-refractivity contribution in [2.24, 2.45) is 5.92 Å². The van der Waals surface area contributed by atoms with Gasteiger partial charge in [-0.2, -0.15) is 0 Å². The Labute approximate surface area is 74.6 Å². The van der Waals surface area contributed by atoms with Crippen molar-refractivity contribution in [1.29, 1.82) is 0 Å². The molecule has 2 bridgehead atoms. The molecule has 2 aliphatic heterocycles. The number of fused-ring (bicyclic) bond motifs is 2. The molecule has 4 atom stereocenters. The molecule has 0 aromatic rings. The van der Waals surface area contributed by atoms with E-state index in [9.17, 15) is 5.11 Å². The van der Waals surface area contributed by atoms with E-state index >= 15 is 0 Å². The molecule has 0 aliphatic carbocycles. The number of hydrogen-bond acceptors (Lipinski definition) is 2. The number of aliphatic hydroxyl groups is 1. The van der Waals surface area contributed by atoms with Gasteiger partial charge in [-0.1, -0.05) is 6.92 Å². The maximum absolute atomic E-state index is 9.84. The van der Waals surface area contributed by atoms with Crippen LogP contribution in [0.25, 0.3) is 0 Å². The summed E-state index contributed by atoms with van der Waals surface area (Å²) in [5.41, 5.74) is 0. The van der Waals surface area contributed by atoms with Crippen molar-refractivity contribution in [2.75, 3.05) is 7.05 Å². The molecule has 2 heterocycles. The second-order valence-electron chi connectivity index (χ2n) is 4.34. The first kappa shape index (κ1) is 8.52. The minimum atomic E-state index is -0.0244. The lowest BCUT2D eigenvalue weighted by Crippen LogP contribution is -2.48. The summed E-state index contributed by atoms with van der Waals surface area (Å²) in [6.45, 7) is 2.19. The number of piperidine rings is 1. The van der Waals surface area contributed by atoms with Gasteiger partial charge < -0.3 is 5.11 Å². The summed E-state index contributed by atoms with van der Waals surface area (Å²) >= 11 is 0. The summed E-state index contributed by atoms with van der Waals surface area (Å²) in [4.78, 5) is 2.49. The van der Waals surface area contributed by atoms with Gasteiger partial charge in [0.25, 0.3) is 0 Å². The maximum atomic E-state index is 9.84. The molecule has 70 valence electrons. The zero-order chi connectivity index (χ0) is 8.72. The maximum Gasteiger partial charge on any atom is 0.0598 e. The summed E-state index contributed by atoms with van der Waals surface area (Å²) in [5.74, 6) is 0.536. The predicted octanol–water partition coefficient (Wildman–Crippen LogP) is 1.24. The Hall–Kier alpha value is -0.0800. The van der Waals surface area contributed by atoms with Crippen molar-refractivity contribution < 1.29 is 5.11 Å². The van der Waals surface area contributed by atoms with Gasteiger partial charge in [-0.05, 0) is 32.7 Å². The van der Waals surface area contributed by atoms with Gasteiger partial charge in [0.15, 0.2) is 0 Å². The summed E-state index contributed by atoms with van der Waals surface area (Å²) in [7, 11) is 2.22. The smallest absolute Gasteiger partial charge is 0.0598 e. The fraction of sp³-hybridized carbons (Fsp3) is 1.00. The van der Waals surface area contributed by atoms with E-state index in [0.717, 1.165) is 12.8 Å². The third kappa shape index (κ3) is 1.09. The molecule has 0 unspecified atom stereocenters. The first-order valence-electron chi connectivity index (χ1n) is 5.14. The van der Waals surface area contributed by atoms with Crippen molar-refractivity contribution >= 4 is 0 Å². The normalized spacial score (nSPS) is 48.2. The van der Waals surface area contributed by atoms with E-state index < -0.39 is 0 Å². The lowest BCUT2D eigenvalue weighted by atomic mass is 9.86. The number of rotatable bonds is 1. The van der Waals surface area contributed by atoms with Gasteiger partial charge >= 0.3 is 0 Å². The fourth-order valence-electron chi connectivity index (χ4n) is 3.10. The van der Waals surface area contributed by atoms with Crippen molar-refractivity contribution in [2.45, 2.75) is 50.8 Å². The van der Waals surface area contributed by atoms with Gasteiger partial charge in [0.1, 0.15) is 0 Å². The molecule has 0 saturated carbocycles. The molecule has 2 heteroatoms. The first-order valence-corrected chi connectivity index (χ1v) is 5.14.